The zero-order chi connectivity index (χ0) is 16.3. The van der Waals surface area contributed by atoms with E-state index in [0.29, 0.717) is 29.1 Å². The van der Waals surface area contributed by atoms with E-state index in [0.717, 1.165) is 11.1 Å². The number of pyridine rings is 1. The molecule has 1 aromatic heterocycles. The average molecular weight is 311 g/mol. The van der Waals surface area contributed by atoms with Gasteiger partial charge in [0.25, 0.3) is 0 Å². The maximum atomic E-state index is 13.2. The maximum absolute atomic E-state index is 13.2. The van der Waals surface area contributed by atoms with E-state index >= 15 is 0 Å². The summed E-state index contributed by atoms with van der Waals surface area (Å²) in [5.41, 5.74) is 0.851. The van der Waals surface area contributed by atoms with Crippen LogP contribution < -0.4 is 5.56 Å². The van der Waals surface area contributed by atoms with Gasteiger partial charge >= 0.3 is 6.18 Å². The van der Waals surface area contributed by atoms with Crippen LogP contribution in [0.25, 0.3) is 5.57 Å². The van der Waals surface area contributed by atoms with Crippen LogP contribution in [-0.4, -0.2) is 29.6 Å². The van der Waals surface area contributed by atoms with Crippen molar-refractivity contribution in [3.8, 4) is 0 Å². The number of halogens is 3. The Bertz CT molecular complexity index is 754. The fourth-order valence-electron chi connectivity index (χ4n) is 3.71. The van der Waals surface area contributed by atoms with E-state index in [9.17, 15) is 18.0 Å². The molecule has 0 fully saturated rings. The highest BCUT2D eigenvalue weighted by atomic mass is 19.4. The third-order valence-corrected chi connectivity index (χ3v) is 4.49. The molecule has 22 heavy (non-hydrogen) atoms. The van der Waals surface area contributed by atoms with E-state index in [4.69, 9.17) is 0 Å². The molecule has 3 nitrogen and oxygen atoms in total. The van der Waals surface area contributed by atoms with Crippen LogP contribution in [0.15, 0.2) is 28.7 Å². The van der Waals surface area contributed by atoms with Gasteiger partial charge in [-0.3, -0.25) is 9.28 Å². The number of H-pyrrole nitrogens is 1. The van der Waals surface area contributed by atoms with Gasteiger partial charge in [0.2, 0.25) is 5.56 Å². The summed E-state index contributed by atoms with van der Waals surface area (Å²) < 4.78 is 40.2. The highest BCUT2D eigenvalue weighted by Gasteiger charge is 2.42. The summed E-state index contributed by atoms with van der Waals surface area (Å²) in [4.78, 5) is 14.4. The van der Waals surface area contributed by atoms with Gasteiger partial charge in [0, 0.05) is 23.6 Å². The molecule has 1 N–H and O–H groups in total. The summed E-state index contributed by atoms with van der Waals surface area (Å²) in [5.74, 6) is 0. The Labute approximate surface area is 126 Å². The predicted octanol–water partition coefficient (Wildman–Crippen LogP) is 3.09. The number of alkyl halides is 3. The number of fused-ring (bicyclic) bond motifs is 3. The van der Waals surface area contributed by atoms with Crippen molar-refractivity contribution in [1.29, 1.82) is 0 Å². The number of aromatic nitrogens is 1. The standard InChI is InChI=1S/C16H17F3N2O/c1-9-6-11-13(21(2,3)8-9)5-4-10-12(16(17,18)19)7-14(22)20-15(10)11/h6-8,13H,4-5H2,1-3H3/p+1. The molecule has 0 aromatic carbocycles. The molecule has 1 aliphatic heterocycles. The number of hydrogen-bond donors (Lipinski definition) is 1. The van der Waals surface area contributed by atoms with Gasteiger partial charge in [-0.2, -0.15) is 13.2 Å². The maximum Gasteiger partial charge on any atom is 0.416 e. The Morgan fingerprint density at radius 2 is 2.00 bits per heavy atom. The summed E-state index contributed by atoms with van der Waals surface area (Å²) in [6.45, 7) is 1.92. The van der Waals surface area contributed by atoms with Crippen molar-refractivity contribution in [3.63, 3.8) is 0 Å². The lowest BCUT2D eigenvalue weighted by atomic mass is 9.81. The summed E-state index contributed by atoms with van der Waals surface area (Å²) >= 11 is 0. The first-order valence-electron chi connectivity index (χ1n) is 7.18. The summed E-state index contributed by atoms with van der Waals surface area (Å²) in [7, 11) is 4.05. The second kappa shape index (κ2) is 4.59. The molecule has 2 heterocycles. The number of nitrogens with zero attached hydrogens (tertiary/aromatic N) is 1. The first kappa shape index (κ1) is 15.1. The van der Waals surface area contributed by atoms with Crippen molar-refractivity contribution in [1.82, 2.24) is 4.98 Å². The molecule has 0 radical (unpaired) electrons. The summed E-state index contributed by atoms with van der Waals surface area (Å²) in [5, 5.41) is 0. The van der Waals surface area contributed by atoms with Crippen LogP contribution in [0.2, 0.25) is 0 Å². The predicted molar refractivity (Wildman–Crippen MR) is 78.0 cm³/mol. The Morgan fingerprint density at radius 1 is 1.32 bits per heavy atom. The highest BCUT2D eigenvalue weighted by molar-refractivity contribution is 5.74. The molecule has 118 valence electrons. The van der Waals surface area contributed by atoms with E-state index in [1.54, 1.807) is 0 Å². The number of allylic oxidation sites excluding steroid dienone is 2. The smallest absolute Gasteiger partial charge is 0.322 e. The monoisotopic (exact) mass is 311 g/mol. The Balaban J connectivity index is 2.26. The zero-order valence-corrected chi connectivity index (χ0v) is 12.7. The van der Waals surface area contributed by atoms with E-state index in [1.807, 2.05) is 27.1 Å². The summed E-state index contributed by atoms with van der Waals surface area (Å²) in [6.07, 6.45) is 0.422. The molecule has 0 bridgehead atoms. The van der Waals surface area contributed by atoms with Crippen LogP contribution in [0.5, 0.6) is 0 Å². The molecule has 1 unspecified atom stereocenters. The van der Waals surface area contributed by atoms with E-state index in [1.165, 1.54) is 0 Å². The molecule has 1 atom stereocenters. The van der Waals surface area contributed by atoms with Crippen molar-refractivity contribution in [2.45, 2.75) is 32.0 Å². The average Bonchev–Trinajstić information content (AvgIpc) is 2.35. The minimum Gasteiger partial charge on any atom is -0.322 e. The Kier molecular flexibility index (Phi) is 3.15. The van der Waals surface area contributed by atoms with Crippen molar-refractivity contribution in [2.75, 3.05) is 14.1 Å². The molecule has 3 rings (SSSR count). The quantitative estimate of drug-likeness (QED) is 0.734. The first-order valence-corrected chi connectivity index (χ1v) is 7.18. The fourth-order valence-corrected chi connectivity index (χ4v) is 3.71. The molecule has 0 spiro atoms. The third-order valence-electron chi connectivity index (χ3n) is 4.49. The zero-order valence-electron chi connectivity index (χ0n) is 12.7. The normalized spacial score (nSPS) is 23.3. The lowest BCUT2D eigenvalue weighted by molar-refractivity contribution is -0.857. The van der Waals surface area contributed by atoms with Gasteiger partial charge in [-0.1, -0.05) is 0 Å². The number of likely N-dealkylation sites (N-methyl/N-ethyl adjacent to an activating group) is 1. The highest BCUT2D eigenvalue weighted by Crippen LogP contribution is 2.42. The number of hydrogen-bond acceptors (Lipinski definition) is 1. The second-order valence-electron chi connectivity index (χ2n) is 6.55. The van der Waals surface area contributed by atoms with E-state index in [2.05, 4.69) is 11.2 Å². The lowest BCUT2D eigenvalue weighted by Gasteiger charge is -2.42. The van der Waals surface area contributed by atoms with Crippen LogP contribution in [0.3, 0.4) is 0 Å². The number of quaternary nitrogens is 1. The number of nitrogens with one attached hydrogen (secondary N) is 1. The molecular weight excluding hydrogens is 293 g/mol. The van der Waals surface area contributed by atoms with Crippen LogP contribution in [-0.2, 0) is 12.6 Å². The topological polar surface area (TPSA) is 32.9 Å². The van der Waals surface area contributed by atoms with Gasteiger partial charge in [0.1, 0.15) is 6.04 Å². The minimum absolute atomic E-state index is 0.0651. The van der Waals surface area contributed by atoms with Gasteiger partial charge < -0.3 is 4.98 Å². The van der Waals surface area contributed by atoms with Gasteiger partial charge in [0.05, 0.1) is 31.6 Å². The van der Waals surface area contributed by atoms with Crippen LogP contribution in [0, 0.1) is 0 Å². The third kappa shape index (κ3) is 2.31. The number of aromatic amines is 1. The molecule has 0 saturated heterocycles. The molecule has 0 saturated carbocycles. The molecule has 1 aromatic rings. The molecule has 6 heteroatoms. The fraction of sp³-hybridized carbons (Fsp3) is 0.438. The van der Waals surface area contributed by atoms with Gasteiger partial charge in [-0.25, -0.2) is 0 Å². The largest absolute Gasteiger partial charge is 0.416 e. The second-order valence-corrected chi connectivity index (χ2v) is 6.55. The van der Waals surface area contributed by atoms with Crippen LogP contribution in [0.1, 0.15) is 30.2 Å². The first-order chi connectivity index (χ1) is 10.1. The van der Waals surface area contributed by atoms with Gasteiger partial charge in [0.15, 0.2) is 0 Å². The molecule has 1 aliphatic carbocycles. The molecule has 2 aliphatic rings. The molecule has 0 amide bonds. The minimum atomic E-state index is -4.50. The van der Waals surface area contributed by atoms with Crippen LogP contribution in [0.4, 0.5) is 13.2 Å². The van der Waals surface area contributed by atoms with Gasteiger partial charge in [-0.05, 0) is 25.0 Å². The van der Waals surface area contributed by atoms with Gasteiger partial charge in [-0.15, -0.1) is 0 Å². The SMILES string of the molecule is CC1=C[N+](C)(C)C2CCc3c(C(F)(F)F)cc(=O)[nH]c3C2=C1. The Hall–Kier alpha value is -1.82. The number of rotatable bonds is 0. The molecular formula is C16H18F3N2O+. The van der Waals surface area contributed by atoms with Crippen LogP contribution >= 0.6 is 0 Å². The van der Waals surface area contributed by atoms with E-state index < -0.39 is 17.3 Å². The van der Waals surface area contributed by atoms with Crippen molar-refractivity contribution in [2.24, 2.45) is 0 Å². The summed E-state index contributed by atoms with van der Waals surface area (Å²) in [6, 6.07) is 0.737. The lowest BCUT2D eigenvalue weighted by Crippen LogP contribution is -2.48. The van der Waals surface area contributed by atoms with Crippen molar-refractivity contribution >= 4 is 5.57 Å². The van der Waals surface area contributed by atoms with E-state index in [-0.39, 0.29) is 11.6 Å². The van der Waals surface area contributed by atoms with Crippen molar-refractivity contribution < 1.29 is 17.7 Å². The Morgan fingerprint density at radius 3 is 2.64 bits per heavy atom. The van der Waals surface area contributed by atoms with Crippen molar-refractivity contribution in [3.05, 3.63) is 51.1 Å².